The molecule has 2 heterocycles. The lowest BCUT2D eigenvalue weighted by atomic mass is 10.2. The minimum atomic E-state index is -0.270. The highest BCUT2D eigenvalue weighted by atomic mass is 35.5. The van der Waals surface area contributed by atoms with E-state index in [1.54, 1.807) is 12.1 Å². The maximum absolute atomic E-state index is 12.4. The molecule has 6 nitrogen and oxygen atoms in total. The average Bonchev–Trinajstić information content (AvgIpc) is 3.44. The van der Waals surface area contributed by atoms with Crippen LogP contribution in [0.25, 0.3) is 11.0 Å². The van der Waals surface area contributed by atoms with Gasteiger partial charge in [0.1, 0.15) is 11.6 Å². The molecule has 0 saturated carbocycles. The summed E-state index contributed by atoms with van der Waals surface area (Å²) in [7, 11) is 0. The number of ether oxygens (including phenoxy) is 1. The first-order valence-corrected chi connectivity index (χ1v) is 11.1. The molecule has 2 aromatic heterocycles. The van der Waals surface area contributed by atoms with Gasteiger partial charge < -0.3 is 19.0 Å². The Bertz CT molecular complexity index is 1200. The third kappa shape index (κ3) is 4.97. The third-order valence-corrected chi connectivity index (χ3v) is 5.76. The smallest absolute Gasteiger partial charge is 0.287 e. The van der Waals surface area contributed by atoms with Gasteiger partial charge in [-0.1, -0.05) is 23.7 Å². The largest absolute Gasteiger partial charge is 0.494 e. The van der Waals surface area contributed by atoms with Gasteiger partial charge in [-0.15, -0.1) is 0 Å². The van der Waals surface area contributed by atoms with Crippen molar-refractivity contribution in [1.29, 1.82) is 0 Å². The number of fused-ring (bicyclic) bond motifs is 1. The van der Waals surface area contributed by atoms with Gasteiger partial charge in [0.15, 0.2) is 5.76 Å². The van der Waals surface area contributed by atoms with Crippen LogP contribution in [-0.4, -0.2) is 22.1 Å². The molecule has 0 bridgehead atoms. The molecule has 0 unspecified atom stereocenters. The third-order valence-electron chi connectivity index (χ3n) is 5.34. The first kappa shape index (κ1) is 22.0. The van der Waals surface area contributed by atoms with Crippen molar-refractivity contribution in [3.8, 4) is 5.75 Å². The van der Waals surface area contributed by atoms with Gasteiger partial charge in [0, 0.05) is 11.6 Å². The summed E-state index contributed by atoms with van der Waals surface area (Å²) < 4.78 is 13.2. The number of aryl methyl sites for hydroxylation is 2. The summed E-state index contributed by atoms with van der Waals surface area (Å²) >= 11 is 6.07. The van der Waals surface area contributed by atoms with Crippen LogP contribution in [0.2, 0.25) is 5.02 Å². The van der Waals surface area contributed by atoms with Crippen molar-refractivity contribution in [2.45, 2.75) is 39.3 Å². The monoisotopic (exact) mass is 451 g/mol. The molecule has 0 fully saturated rings. The van der Waals surface area contributed by atoms with Crippen molar-refractivity contribution in [1.82, 2.24) is 14.9 Å². The number of nitrogens with one attached hydrogen (secondary N) is 1. The summed E-state index contributed by atoms with van der Waals surface area (Å²) in [5.41, 5.74) is 2.97. The van der Waals surface area contributed by atoms with Crippen LogP contribution in [0.1, 0.15) is 47.7 Å². The number of carbonyl (C=O) groups excluding carboxylic acids is 1. The Morgan fingerprint density at radius 2 is 2.03 bits per heavy atom. The standard InChI is InChI=1S/C25H26ClN3O3/c1-17-16-19(11-12-20(17)26)31-14-6-5-13-29-22-9-4-3-8-21(22)28-24(29)18(2)27-25(30)23-10-7-15-32-23/h3-4,7-12,15-16,18H,5-6,13-14H2,1-2H3,(H,27,30)/t18-/m0/s1. The summed E-state index contributed by atoms with van der Waals surface area (Å²) in [5, 5.41) is 3.72. The van der Waals surface area contributed by atoms with Crippen molar-refractivity contribution in [3.63, 3.8) is 0 Å². The predicted molar refractivity (Wildman–Crippen MR) is 125 cm³/mol. The van der Waals surface area contributed by atoms with E-state index in [4.69, 9.17) is 25.7 Å². The van der Waals surface area contributed by atoms with E-state index in [1.807, 2.05) is 50.2 Å². The highest BCUT2D eigenvalue weighted by Gasteiger charge is 2.20. The van der Waals surface area contributed by atoms with Gasteiger partial charge in [0.05, 0.1) is 29.9 Å². The zero-order valence-electron chi connectivity index (χ0n) is 18.2. The van der Waals surface area contributed by atoms with Crippen molar-refractivity contribution >= 4 is 28.5 Å². The number of aromatic nitrogens is 2. The molecule has 0 aliphatic heterocycles. The number of unbranched alkanes of at least 4 members (excludes halogenated alkanes) is 1. The second-order valence-corrected chi connectivity index (χ2v) is 8.16. The summed E-state index contributed by atoms with van der Waals surface area (Å²) in [6, 6.07) is 16.8. The zero-order chi connectivity index (χ0) is 22.5. The molecule has 4 rings (SSSR count). The Labute approximate surface area is 192 Å². The SMILES string of the molecule is Cc1cc(OCCCCn2c([C@H](C)NC(=O)c3ccco3)nc3ccccc32)ccc1Cl. The lowest BCUT2D eigenvalue weighted by Crippen LogP contribution is -2.28. The fourth-order valence-electron chi connectivity index (χ4n) is 3.67. The maximum Gasteiger partial charge on any atom is 0.287 e. The quantitative estimate of drug-likeness (QED) is 0.319. The Morgan fingerprint density at radius 3 is 2.81 bits per heavy atom. The van der Waals surface area contributed by atoms with E-state index in [9.17, 15) is 4.79 Å². The molecule has 4 aromatic rings. The van der Waals surface area contributed by atoms with E-state index < -0.39 is 0 Å². The number of carbonyl (C=O) groups is 1. The zero-order valence-corrected chi connectivity index (χ0v) is 18.9. The summed E-state index contributed by atoms with van der Waals surface area (Å²) in [4.78, 5) is 17.2. The van der Waals surface area contributed by atoms with Gasteiger partial charge in [0.2, 0.25) is 0 Å². The molecular weight excluding hydrogens is 426 g/mol. The average molecular weight is 452 g/mol. The molecule has 2 aromatic carbocycles. The van der Waals surface area contributed by atoms with Gasteiger partial charge >= 0.3 is 0 Å². The van der Waals surface area contributed by atoms with E-state index in [-0.39, 0.29) is 17.7 Å². The fourth-order valence-corrected chi connectivity index (χ4v) is 3.79. The van der Waals surface area contributed by atoms with Crippen molar-refractivity contribution in [3.05, 3.63) is 83.0 Å². The van der Waals surface area contributed by atoms with Crippen molar-refractivity contribution < 1.29 is 13.9 Å². The molecule has 0 radical (unpaired) electrons. The van der Waals surface area contributed by atoms with E-state index in [0.717, 1.165) is 52.6 Å². The van der Waals surface area contributed by atoms with Crippen LogP contribution < -0.4 is 10.1 Å². The van der Waals surface area contributed by atoms with E-state index in [1.165, 1.54) is 6.26 Å². The van der Waals surface area contributed by atoms with E-state index >= 15 is 0 Å². The number of nitrogens with zero attached hydrogens (tertiary/aromatic N) is 2. The number of furan rings is 1. The minimum absolute atomic E-state index is 0.257. The summed E-state index contributed by atoms with van der Waals surface area (Å²) in [5.74, 6) is 1.68. The predicted octanol–water partition coefficient (Wildman–Crippen LogP) is 5.94. The van der Waals surface area contributed by atoms with E-state index in [2.05, 4.69) is 16.0 Å². The number of halogens is 1. The number of para-hydroxylation sites is 2. The summed E-state index contributed by atoms with van der Waals surface area (Å²) in [6.45, 7) is 5.30. The Morgan fingerprint density at radius 1 is 1.19 bits per heavy atom. The fraction of sp³-hybridized carbons (Fsp3) is 0.280. The second-order valence-electron chi connectivity index (χ2n) is 7.75. The molecule has 0 saturated heterocycles. The second kappa shape index (κ2) is 9.92. The topological polar surface area (TPSA) is 69.3 Å². The molecule has 1 amide bonds. The van der Waals surface area contributed by atoms with Crippen LogP contribution in [-0.2, 0) is 6.54 Å². The lowest BCUT2D eigenvalue weighted by Gasteiger charge is -2.16. The van der Waals surface area contributed by atoms with Crippen LogP contribution in [0.15, 0.2) is 65.3 Å². The molecule has 32 heavy (non-hydrogen) atoms. The Balaban J connectivity index is 1.40. The molecule has 0 aliphatic carbocycles. The van der Waals surface area contributed by atoms with Crippen LogP contribution in [0.3, 0.4) is 0 Å². The molecular formula is C25H26ClN3O3. The molecule has 7 heteroatoms. The Hall–Kier alpha value is -3.25. The van der Waals surface area contributed by atoms with Crippen LogP contribution in [0, 0.1) is 6.92 Å². The Kier molecular flexibility index (Phi) is 6.81. The number of hydrogen-bond acceptors (Lipinski definition) is 4. The van der Waals surface area contributed by atoms with Gasteiger partial charge in [-0.25, -0.2) is 4.98 Å². The number of amides is 1. The molecule has 1 N–H and O–H groups in total. The number of rotatable bonds is 9. The molecule has 166 valence electrons. The molecule has 1 atom stereocenters. The number of benzene rings is 2. The van der Waals surface area contributed by atoms with Gasteiger partial charge in [-0.05, 0) is 74.7 Å². The first-order chi connectivity index (χ1) is 15.5. The van der Waals surface area contributed by atoms with E-state index in [0.29, 0.717) is 6.61 Å². The molecule has 0 aliphatic rings. The van der Waals surface area contributed by atoms with Crippen molar-refractivity contribution in [2.24, 2.45) is 0 Å². The maximum atomic E-state index is 12.4. The highest BCUT2D eigenvalue weighted by Crippen LogP contribution is 2.23. The van der Waals surface area contributed by atoms with Crippen LogP contribution >= 0.6 is 11.6 Å². The van der Waals surface area contributed by atoms with Gasteiger partial charge in [-0.3, -0.25) is 4.79 Å². The number of hydrogen-bond donors (Lipinski definition) is 1. The van der Waals surface area contributed by atoms with Gasteiger partial charge in [-0.2, -0.15) is 0 Å². The van der Waals surface area contributed by atoms with Gasteiger partial charge in [0.25, 0.3) is 5.91 Å². The summed E-state index contributed by atoms with van der Waals surface area (Å²) in [6.07, 6.45) is 3.29. The lowest BCUT2D eigenvalue weighted by molar-refractivity contribution is 0.0909. The minimum Gasteiger partial charge on any atom is -0.494 e. The highest BCUT2D eigenvalue weighted by molar-refractivity contribution is 6.31. The molecule has 0 spiro atoms. The van der Waals surface area contributed by atoms with Crippen molar-refractivity contribution in [2.75, 3.05) is 6.61 Å². The van der Waals surface area contributed by atoms with Crippen LogP contribution in [0.4, 0.5) is 0 Å². The number of imidazole rings is 1. The first-order valence-electron chi connectivity index (χ1n) is 10.7. The van der Waals surface area contributed by atoms with Crippen LogP contribution in [0.5, 0.6) is 5.75 Å². The normalized spacial score (nSPS) is 12.1.